The molecule has 5 rings (SSSR count). The Morgan fingerprint density at radius 2 is 1.75 bits per heavy atom. The van der Waals surface area contributed by atoms with Gasteiger partial charge < -0.3 is 14.4 Å². The Balaban J connectivity index is 1.39. The van der Waals surface area contributed by atoms with E-state index in [1.54, 1.807) is 56.4 Å². The molecule has 2 aliphatic rings. The van der Waals surface area contributed by atoms with Crippen LogP contribution in [0, 0.1) is 0 Å². The molecule has 1 aliphatic heterocycles. The second-order valence-electron chi connectivity index (χ2n) is 12.2. The van der Waals surface area contributed by atoms with Crippen LogP contribution in [0.2, 0.25) is 0 Å². The van der Waals surface area contributed by atoms with Gasteiger partial charge in [-0.25, -0.2) is 28.2 Å². The topological polar surface area (TPSA) is 154 Å². The first-order valence-corrected chi connectivity index (χ1v) is 16.6. The highest BCUT2D eigenvalue weighted by molar-refractivity contribution is 7.91. The molecule has 0 atom stereocenters. The van der Waals surface area contributed by atoms with Crippen molar-refractivity contribution < 1.29 is 27.5 Å². The number of carbonyl (C=O) groups is 2. The van der Waals surface area contributed by atoms with Gasteiger partial charge in [0.05, 0.1) is 46.8 Å². The van der Waals surface area contributed by atoms with Crippen LogP contribution in [-0.4, -0.2) is 80.7 Å². The predicted octanol–water partition coefficient (Wildman–Crippen LogP) is 3.89. The van der Waals surface area contributed by atoms with E-state index in [2.05, 4.69) is 24.9 Å². The van der Waals surface area contributed by atoms with Gasteiger partial charge >= 0.3 is 6.09 Å². The van der Waals surface area contributed by atoms with Gasteiger partial charge in [0.2, 0.25) is 5.88 Å². The van der Waals surface area contributed by atoms with Crippen molar-refractivity contribution in [3.63, 3.8) is 0 Å². The summed E-state index contributed by atoms with van der Waals surface area (Å²) in [6, 6.07) is 5.18. The number of rotatable bonds is 10. The van der Waals surface area contributed by atoms with Crippen molar-refractivity contribution in [1.29, 1.82) is 0 Å². The fourth-order valence-electron chi connectivity index (χ4n) is 5.20. The quantitative estimate of drug-likeness (QED) is 0.323. The zero-order chi connectivity index (χ0) is 31.5. The molecule has 4 heterocycles. The molecule has 44 heavy (non-hydrogen) atoms. The van der Waals surface area contributed by atoms with Gasteiger partial charge in [0.1, 0.15) is 11.4 Å². The lowest BCUT2D eigenvalue weighted by molar-refractivity contribution is -0.126. The third kappa shape index (κ3) is 7.37. The van der Waals surface area contributed by atoms with Crippen LogP contribution in [0.15, 0.2) is 43.0 Å². The Morgan fingerprint density at radius 3 is 2.39 bits per heavy atom. The van der Waals surface area contributed by atoms with E-state index in [1.165, 1.54) is 6.20 Å². The first-order valence-electron chi connectivity index (χ1n) is 14.8. The monoisotopic (exact) mass is 622 g/mol. The molecule has 234 valence electrons. The number of piperidine rings is 1. The average Bonchev–Trinajstić information content (AvgIpc) is 3.84. The molecule has 1 aliphatic carbocycles. The second-order valence-corrected chi connectivity index (χ2v) is 14.5. The van der Waals surface area contributed by atoms with Crippen LogP contribution in [0.3, 0.4) is 0 Å². The third-order valence-corrected chi connectivity index (χ3v) is 9.88. The molecule has 0 spiro atoms. The van der Waals surface area contributed by atoms with Crippen LogP contribution >= 0.6 is 0 Å². The summed E-state index contributed by atoms with van der Waals surface area (Å²) in [5.41, 5.74) is 0.452. The van der Waals surface area contributed by atoms with Crippen molar-refractivity contribution in [2.24, 2.45) is 0 Å². The minimum Gasteiger partial charge on any atom is -0.477 e. The van der Waals surface area contributed by atoms with Crippen LogP contribution in [0.5, 0.6) is 5.88 Å². The Hall–Kier alpha value is -4.00. The predicted molar refractivity (Wildman–Crippen MR) is 162 cm³/mol. The van der Waals surface area contributed by atoms with E-state index < -0.39 is 26.9 Å². The highest BCUT2D eigenvalue weighted by atomic mass is 32.2. The first-order chi connectivity index (χ1) is 20.9. The van der Waals surface area contributed by atoms with Crippen LogP contribution in [0.1, 0.15) is 70.6 Å². The Bertz CT molecular complexity index is 1610. The van der Waals surface area contributed by atoms with Crippen LogP contribution in [-0.2, 0) is 37.0 Å². The molecule has 0 aromatic carbocycles. The number of carbonyl (C=O) groups excluding carboxylic acids is 2. The molecule has 13 heteroatoms. The number of hydrogen-bond donors (Lipinski definition) is 0. The van der Waals surface area contributed by atoms with E-state index in [0.29, 0.717) is 42.4 Å². The van der Waals surface area contributed by atoms with Crippen molar-refractivity contribution in [1.82, 2.24) is 29.8 Å². The summed E-state index contributed by atoms with van der Waals surface area (Å²) in [4.78, 5) is 50.8. The number of nitrogens with zero attached hydrogens (tertiary/aromatic N) is 6. The van der Waals surface area contributed by atoms with Gasteiger partial charge in [-0.3, -0.25) is 14.8 Å². The van der Waals surface area contributed by atoms with Crippen molar-refractivity contribution in [2.75, 3.05) is 19.7 Å². The fourth-order valence-corrected chi connectivity index (χ4v) is 6.86. The summed E-state index contributed by atoms with van der Waals surface area (Å²) in [6.07, 6.45) is 7.73. The van der Waals surface area contributed by atoms with Crippen molar-refractivity contribution >= 4 is 21.7 Å². The molecule has 2 fully saturated rings. The number of hydrogen-bond acceptors (Lipinski definition) is 11. The van der Waals surface area contributed by atoms with Gasteiger partial charge in [-0.15, -0.1) is 0 Å². The van der Waals surface area contributed by atoms with Crippen LogP contribution in [0.4, 0.5) is 4.79 Å². The largest absolute Gasteiger partial charge is 0.477 e. The minimum atomic E-state index is -3.32. The van der Waals surface area contributed by atoms with Gasteiger partial charge in [-0.1, -0.05) is 0 Å². The van der Waals surface area contributed by atoms with Crippen LogP contribution in [0.25, 0.3) is 11.3 Å². The molecule has 1 amide bonds. The van der Waals surface area contributed by atoms with Gasteiger partial charge in [-0.2, -0.15) is 0 Å². The number of amides is 1. The van der Waals surface area contributed by atoms with E-state index in [-0.39, 0.29) is 55.0 Å². The van der Waals surface area contributed by atoms with Gasteiger partial charge in [-0.05, 0) is 71.6 Å². The number of ether oxygens (including phenoxy) is 2. The Labute approximate surface area is 257 Å². The first kappa shape index (κ1) is 31.4. The molecule has 0 N–H and O–H groups in total. The number of likely N-dealkylation sites (tertiary alicyclic amines) is 1. The molecule has 1 saturated heterocycles. The summed E-state index contributed by atoms with van der Waals surface area (Å²) >= 11 is 0. The molecule has 3 aromatic heterocycles. The van der Waals surface area contributed by atoms with Crippen LogP contribution < -0.4 is 4.74 Å². The van der Waals surface area contributed by atoms with E-state index >= 15 is 0 Å². The van der Waals surface area contributed by atoms with E-state index in [4.69, 9.17) is 9.47 Å². The summed E-state index contributed by atoms with van der Waals surface area (Å²) in [6.45, 7) is 8.27. The van der Waals surface area contributed by atoms with Crippen molar-refractivity contribution in [3.05, 3.63) is 60.2 Å². The molecule has 0 bridgehead atoms. The van der Waals surface area contributed by atoms with Gasteiger partial charge in [0.25, 0.3) is 0 Å². The fraction of sp³-hybridized carbons (Fsp3) is 0.516. The van der Waals surface area contributed by atoms with Gasteiger partial charge in [0, 0.05) is 43.2 Å². The zero-order valence-corrected chi connectivity index (χ0v) is 26.3. The smallest absolute Gasteiger partial charge is 0.410 e. The van der Waals surface area contributed by atoms with Gasteiger partial charge in [0.15, 0.2) is 15.6 Å². The second kappa shape index (κ2) is 12.5. The number of Topliss-reactive ketones (excluding diaryl/α,β-unsaturated/α-hetero) is 1. The lowest BCUT2D eigenvalue weighted by atomic mass is 9.72. The van der Waals surface area contributed by atoms with Crippen molar-refractivity contribution in [2.45, 2.75) is 81.8 Å². The molecule has 12 nitrogen and oxygen atoms in total. The molecule has 1 saturated carbocycles. The lowest BCUT2D eigenvalue weighted by Gasteiger charge is -2.40. The maximum Gasteiger partial charge on any atom is 0.410 e. The highest BCUT2D eigenvalue weighted by Crippen LogP contribution is 2.37. The average molecular weight is 623 g/mol. The van der Waals surface area contributed by atoms with E-state index in [9.17, 15) is 18.0 Å². The summed E-state index contributed by atoms with van der Waals surface area (Å²) < 4.78 is 36.4. The highest BCUT2D eigenvalue weighted by Gasteiger charge is 2.46. The maximum absolute atomic E-state index is 14.2. The number of sulfone groups is 1. The summed E-state index contributed by atoms with van der Waals surface area (Å²) in [5.74, 6) is 0.338. The zero-order valence-electron chi connectivity index (χ0n) is 25.5. The summed E-state index contributed by atoms with van der Waals surface area (Å²) in [7, 11) is -3.32. The standard InChI is InChI=1S/C31H38N6O6S/c1-5-42-27-19-32-18-25(36-27)21-6-7-22(34-17-21)16-26(38)31(11-14-37(15-12-31)29(39)43-30(2,3)4)28-33-13-10-23(35-28)20-44(40,41)24-8-9-24/h6-7,10,13,17-19,24H,5,8-9,11-12,14-16,20H2,1-4H3. The number of pyridine rings is 1. The molecule has 0 unspecified atom stereocenters. The van der Waals surface area contributed by atoms with E-state index in [0.717, 1.165) is 5.56 Å². The normalized spacial score (nSPS) is 16.8. The minimum absolute atomic E-state index is 0.00530. The molecule has 3 aromatic rings. The SMILES string of the molecule is CCOc1cncc(-c2ccc(CC(=O)C3(c4nccc(CS(=O)(=O)C5CC5)n4)CCN(C(=O)OC(C)(C)C)CC3)nc2)n1. The maximum atomic E-state index is 14.2. The van der Waals surface area contributed by atoms with E-state index in [1.807, 2.05) is 13.0 Å². The molecular formula is C31H38N6O6S. The van der Waals surface area contributed by atoms with Crippen molar-refractivity contribution in [3.8, 4) is 17.1 Å². The summed E-state index contributed by atoms with van der Waals surface area (Å²) in [5, 5.41) is -0.324. The molecule has 0 radical (unpaired) electrons. The lowest BCUT2D eigenvalue weighted by Crippen LogP contribution is -2.51. The third-order valence-electron chi connectivity index (χ3n) is 7.69. The number of ketones is 1. The Kier molecular flexibility index (Phi) is 8.96. The Morgan fingerprint density at radius 1 is 1.00 bits per heavy atom. The number of aromatic nitrogens is 5. The molecular weight excluding hydrogens is 584 g/mol.